The minimum atomic E-state index is 0.647. The van der Waals surface area contributed by atoms with Crippen molar-refractivity contribution in [3.63, 3.8) is 0 Å². The molecule has 0 spiro atoms. The van der Waals surface area contributed by atoms with E-state index >= 15 is 0 Å². The molecule has 1 heterocycles. The predicted molar refractivity (Wildman–Crippen MR) is 72.6 cm³/mol. The Morgan fingerprint density at radius 1 is 1.06 bits per heavy atom. The lowest BCUT2D eigenvalue weighted by atomic mass is 10.0. The number of fused-ring (bicyclic) bond motifs is 1. The molecule has 17 heavy (non-hydrogen) atoms. The third-order valence-corrected chi connectivity index (χ3v) is 4.93. The van der Waals surface area contributed by atoms with E-state index in [4.69, 9.17) is 23.2 Å². The Bertz CT molecular complexity index is 407. The lowest BCUT2D eigenvalue weighted by Crippen LogP contribution is -2.21. The number of hydrogen-bond acceptors (Lipinski definition) is 1. The Morgan fingerprint density at radius 2 is 1.76 bits per heavy atom. The first-order chi connectivity index (χ1) is 8.22. The molecule has 1 nitrogen and oxygen atoms in total. The Morgan fingerprint density at radius 3 is 2.41 bits per heavy atom. The fraction of sp³-hybridized carbons (Fsp3) is 0.571. The molecule has 1 aliphatic carbocycles. The maximum absolute atomic E-state index is 6.04. The van der Waals surface area contributed by atoms with Crippen LogP contribution in [0.5, 0.6) is 0 Å². The lowest BCUT2D eigenvalue weighted by Gasteiger charge is -2.17. The van der Waals surface area contributed by atoms with Crippen LogP contribution in [0, 0.1) is 11.8 Å². The molecule has 1 aromatic rings. The van der Waals surface area contributed by atoms with Crippen molar-refractivity contribution in [1.82, 2.24) is 4.90 Å². The summed E-state index contributed by atoms with van der Waals surface area (Å²) >= 11 is 12.0. The van der Waals surface area contributed by atoms with Gasteiger partial charge in [0, 0.05) is 19.6 Å². The highest BCUT2D eigenvalue weighted by atomic mass is 35.5. The Kier molecular flexibility index (Phi) is 3.34. The zero-order valence-electron chi connectivity index (χ0n) is 9.83. The average Bonchev–Trinajstić information content (AvgIpc) is 2.84. The third kappa shape index (κ3) is 2.47. The van der Waals surface area contributed by atoms with Crippen LogP contribution in [0.4, 0.5) is 0 Å². The largest absolute Gasteiger partial charge is 0.299 e. The molecular weight excluding hydrogens is 253 g/mol. The topological polar surface area (TPSA) is 3.24 Å². The van der Waals surface area contributed by atoms with Gasteiger partial charge in [-0.25, -0.2) is 0 Å². The van der Waals surface area contributed by atoms with Gasteiger partial charge in [-0.05, 0) is 42.4 Å². The lowest BCUT2D eigenvalue weighted by molar-refractivity contribution is 0.303. The first-order valence-corrected chi connectivity index (χ1v) is 7.14. The molecule has 0 aromatic heterocycles. The average molecular weight is 270 g/mol. The van der Waals surface area contributed by atoms with Crippen molar-refractivity contribution < 1.29 is 0 Å². The predicted octanol–water partition coefficient (Wildman–Crippen LogP) is 4.23. The van der Waals surface area contributed by atoms with Crippen molar-refractivity contribution >= 4 is 23.2 Å². The maximum Gasteiger partial charge on any atom is 0.0595 e. The molecule has 0 N–H and O–H groups in total. The van der Waals surface area contributed by atoms with Gasteiger partial charge < -0.3 is 0 Å². The minimum Gasteiger partial charge on any atom is -0.299 e. The molecule has 3 heteroatoms. The number of rotatable bonds is 2. The van der Waals surface area contributed by atoms with E-state index in [2.05, 4.69) is 11.0 Å². The SMILES string of the molecule is Clc1ccc(CN2CC3CCCC3C2)cc1Cl. The van der Waals surface area contributed by atoms with Crippen LogP contribution in [0.25, 0.3) is 0 Å². The maximum atomic E-state index is 6.04. The highest BCUT2D eigenvalue weighted by Gasteiger charge is 2.35. The first kappa shape index (κ1) is 11.8. The van der Waals surface area contributed by atoms with E-state index in [9.17, 15) is 0 Å². The second-order valence-corrected chi connectivity index (χ2v) is 6.21. The van der Waals surface area contributed by atoms with Gasteiger partial charge in [-0.3, -0.25) is 4.90 Å². The van der Waals surface area contributed by atoms with E-state index in [0.29, 0.717) is 10.0 Å². The van der Waals surface area contributed by atoms with Crippen LogP contribution in [0.3, 0.4) is 0 Å². The summed E-state index contributed by atoms with van der Waals surface area (Å²) < 4.78 is 0. The zero-order chi connectivity index (χ0) is 11.8. The van der Waals surface area contributed by atoms with E-state index < -0.39 is 0 Å². The fourth-order valence-electron chi connectivity index (χ4n) is 3.36. The van der Waals surface area contributed by atoms with Crippen molar-refractivity contribution in [3.05, 3.63) is 33.8 Å². The van der Waals surface area contributed by atoms with Gasteiger partial charge in [-0.15, -0.1) is 0 Å². The molecule has 2 aliphatic rings. The molecule has 2 atom stereocenters. The van der Waals surface area contributed by atoms with Crippen LogP contribution in [0.1, 0.15) is 24.8 Å². The van der Waals surface area contributed by atoms with Crippen LogP contribution in [0.15, 0.2) is 18.2 Å². The van der Waals surface area contributed by atoms with E-state index in [-0.39, 0.29) is 0 Å². The van der Waals surface area contributed by atoms with Crippen LogP contribution in [-0.2, 0) is 6.54 Å². The van der Waals surface area contributed by atoms with Gasteiger partial charge in [0.2, 0.25) is 0 Å². The monoisotopic (exact) mass is 269 g/mol. The van der Waals surface area contributed by atoms with Crippen molar-refractivity contribution in [3.8, 4) is 0 Å². The number of halogens is 2. The molecule has 2 fully saturated rings. The van der Waals surface area contributed by atoms with Crippen molar-refractivity contribution in [2.24, 2.45) is 11.8 Å². The van der Waals surface area contributed by atoms with Gasteiger partial charge in [-0.1, -0.05) is 35.7 Å². The van der Waals surface area contributed by atoms with Gasteiger partial charge in [0.05, 0.1) is 10.0 Å². The molecule has 2 unspecified atom stereocenters. The Balaban J connectivity index is 1.65. The van der Waals surface area contributed by atoms with Crippen molar-refractivity contribution in [2.45, 2.75) is 25.8 Å². The van der Waals surface area contributed by atoms with Gasteiger partial charge in [0.1, 0.15) is 0 Å². The van der Waals surface area contributed by atoms with Crippen molar-refractivity contribution in [2.75, 3.05) is 13.1 Å². The van der Waals surface area contributed by atoms with Gasteiger partial charge in [0.25, 0.3) is 0 Å². The summed E-state index contributed by atoms with van der Waals surface area (Å²) in [6.07, 6.45) is 4.31. The summed E-state index contributed by atoms with van der Waals surface area (Å²) in [4.78, 5) is 2.56. The first-order valence-electron chi connectivity index (χ1n) is 6.38. The molecule has 1 saturated heterocycles. The van der Waals surface area contributed by atoms with Crippen molar-refractivity contribution in [1.29, 1.82) is 0 Å². The van der Waals surface area contributed by atoms with E-state index in [1.54, 1.807) is 0 Å². The summed E-state index contributed by atoms with van der Waals surface area (Å²) in [7, 11) is 0. The van der Waals surface area contributed by atoms with Crippen LogP contribution in [0.2, 0.25) is 10.0 Å². The molecule has 3 rings (SSSR count). The summed E-state index contributed by atoms with van der Waals surface area (Å²) in [5.41, 5.74) is 1.28. The van der Waals surface area contributed by atoms with E-state index in [0.717, 1.165) is 18.4 Å². The molecule has 0 amide bonds. The van der Waals surface area contributed by atoms with Crippen LogP contribution >= 0.6 is 23.2 Å². The molecular formula is C14H17Cl2N. The molecule has 92 valence electrons. The second-order valence-electron chi connectivity index (χ2n) is 5.39. The van der Waals surface area contributed by atoms with Gasteiger partial charge >= 0.3 is 0 Å². The fourth-order valence-corrected chi connectivity index (χ4v) is 3.68. The highest BCUT2D eigenvalue weighted by Crippen LogP contribution is 2.38. The van der Waals surface area contributed by atoms with E-state index in [1.165, 1.54) is 37.9 Å². The summed E-state index contributed by atoms with van der Waals surface area (Å²) in [5, 5.41) is 1.32. The summed E-state index contributed by atoms with van der Waals surface area (Å²) in [5.74, 6) is 1.91. The Labute approximate surface area is 113 Å². The standard InChI is InChI=1S/C14H17Cl2N/c15-13-5-4-10(6-14(13)16)7-17-8-11-2-1-3-12(11)9-17/h4-6,11-12H,1-3,7-9H2. The highest BCUT2D eigenvalue weighted by molar-refractivity contribution is 6.42. The summed E-state index contributed by atoms with van der Waals surface area (Å²) in [6.45, 7) is 3.56. The summed E-state index contributed by atoms with van der Waals surface area (Å²) in [6, 6.07) is 5.98. The minimum absolute atomic E-state index is 0.647. The van der Waals surface area contributed by atoms with Crippen LogP contribution < -0.4 is 0 Å². The van der Waals surface area contributed by atoms with Gasteiger partial charge in [0.15, 0.2) is 0 Å². The quantitative estimate of drug-likeness (QED) is 0.777. The number of hydrogen-bond donors (Lipinski definition) is 0. The number of nitrogens with zero attached hydrogens (tertiary/aromatic N) is 1. The van der Waals surface area contributed by atoms with Crippen LogP contribution in [-0.4, -0.2) is 18.0 Å². The molecule has 0 bridgehead atoms. The normalized spacial score (nSPS) is 28.6. The van der Waals surface area contributed by atoms with E-state index in [1.807, 2.05) is 12.1 Å². The smallest absolute Gasteiger partial charge is 0.0595 e. The zero-order valence-corrected chi connectivity index (χ0v) is 11.3. The third-order valence-electron chi connectivity index (χ3n) is 4.19. The Hall–Kier alpha value is -0.240. The molecule has 1 aromatic carbocycles. The molecule has 1 aliphatic heterocycles. The molecule has 1 saturated carbocycles. The number of benzene rings is 1. The second kappa shape index (κ2) is 4.79. The number of likely N-dealkylation sites (tertiary alicyclic amines) is 1. The molecule has 0 radical (unpaired) electrons. The van der Waals surface area contributed by atoms with Gasteiger partial charge in [-0.2, -0.15) is 0 Å².